The first-order valence-electron chi connectivity index (χ1n) is 11.4. The van der Waals surface area contributed by atoms with Gasteiger partial charge in [-0.2, -0.15) is 0 Å². The van der Waals surface area contributed by atoms with Gasteiger partial charge in [0.15, 0.2) is 0 Å². The van der Waals surface area contributed by atoms with Gasteiger partial charge in [-0.3, -0.25) is 0 Å². The molecule has 2 aromatic heterocycles. The number of hydrogen-bond donors (Lipinski definition) is 0. The number of benzene rings is 5. The minimum absolute atomic E-state index is 1.18. The monoisotopic (exact) mass is 422 g/mol. The maximum absolute atomic E-state index is 2.43. The summed E-state index contributed by atoms with van der Waals surface area (Å²) in [5.41, 5.74) is 8.71. The molecule has 0 amide bonds. The van der Waals surface area contributed by atoms with E-state index in [0.29, 0.717) is 0 Å². The first kappa shape index (κ1) is 18.3. The molecule has 0 saturated carbocycles. The Bertz CT molecular complexity index is 1800. The standard InChI is InChI=1S/C31H22N2/c1-32-27-18-10-8-16-23(27)26-20-25(21-12-4-2-5-13-21)31-29(30(26)32)24-17-9-11-19-28(24)33(31)22-14-6-3-7-15-22/h2-20H,1H3. The number of nitrogens with zero attached hydrogens (tertiary/aromatic N) is 2. The lowest BCUT2D eigenvalue weighted by atomic mass is 9.98. The SMILES string of the molecule is Cn1c2ccccc2c2cc(-c3ccccc3)c3c(c4ccccc4n3-c3ccccc3)c21. The Morgan fingerprint density at radius 1 is 0.515 bits per heavy atom. The third kappa shape index (κ3) is 2.49. The fraction of sp³-hybridized carbons (Fsp3) is 0.0323. The van der Waals surface area contributed by atoms with E-state index in [1.807, 2.05) is 0 Å². The maximum Gasteiger partial charge on any atom is 0.0640 e. The van der Waals surface area contributed by atoms with Gasteiger partial charge in [-0.1, -0.05) is 84.9 Å². The van der Waals surface area contributed by atoms with Crippen molar-refractivity contribution >= 4 is 43.6 Å². The second-order valence-corrected chi connectivity index (χ2v) is 8.67. The molecule has 0 aliphatic heterocycles. The van der Waals surface area contributed by atoms with Crippen LogP contribution in [0, 0.1) is 0 Å². The molecule has 0 atom stereocenters. The van der Waals surface area contributed by atoms with Crippen molar-refractivity contribution in [1.82, 2.24) is 9.13 Å². The molecule has 0 aliphatic carbocycles. The van der Waals surface area contributed by atoms with Gasteiger partial charge in [0, 0.05) is 45.4 Å². The molecule has 0 bridgehead atoms. The molecular formula is C31H22N2. The van der Waals surface area contributed by atoms with E-state index in [9.17, 15) is 0 Å². The number of fused-ring (bicyclic) bond motifs is 7. The smallest absolute Gasteiger partial charge is 0.0640 e. The topological polar surface area (TPSA) is 9.86 Å². The summed E-state index contributed by atoms with van der Waals surface area (Å²) in [4.78, 5) is 0. The van der Waals surface area contributed by atoms with Gasteiger partial charge < -0.3 is 9.13 Å². The highest BCUT2D eigenvalue weighted by molar-refractivity contribution is 6.28. The zero-order valence-electron chi connectivity index (χ0n) is 18.4. The molecule has 5 aromatic carbocycles. The maximum atomic E-state index is 2.43. The Balaban J connectivity index is 1.83. The van der Waals surface area contributed by atoms with E-state index in [1.165, 1.54) is 60.4 Å². The van der Waals surface area contributed by atoms with E-state index < -0.39 is 0 Å². The van der Waals surface area contributed by atoms with Gasteiger partial charge in [-0.15, -0.1) is 0 Å². The van der Waals surface area contributed by atoms with Crippen molar-refractivity contribution in [3.8, 4) is 16.8 Å². The van der Waals surface area contributed by atoms with Gasteiger partial charge in [-0.25, -0.2) is 0 Å². The zero-order valence-corrected chi connectivity index (χ0v) is 18.4. The quantitative estimate of drug-likeness (QED) is 0.266. The normalized spacial score (nSPS) is 11.8. The van der Waals surface area contributed by atoms with Crippen molar-refractivity contribution in [3.63, 3.8) is 0 Å². The molecule has 7 rings (SSSR count). The van der Waals surface area contributed by atoms with Gasteiger partial charge in [0.2, 0.25) is 0 Å². The van der Waals surface area contributed by atoms with Crippen LogP contribution in [0.2, 0.25) is 0 Å². The lowest BCUT2D eigenvalue weighted by Gasteiger charge is -2.13. The summed E-state index contributed by atoms with van der Waals surface area (Å²) in [5, 5.41) is 5.19. The van der Waals surface area contributed by atoms with Crippen molar-refractivity contribution in [3.05, 3.63) is 115 Å². The van der Waals surface area contributed by atoms with Crippen molar-refractivity contribution in [1.29, 1.82) is 0 Å². The van der Waals surface area contributed by atoms with Crippen molar-refractivity contribution in [2.75, 3.05) is 0 Å². The molecule has 0 N–H and O–H groups in total. The highest BCUT2D eigenvalue weighted by Gasteiger charge is 2.22. The second kappa shape index (κ2) is 6.85. The molecule has 0 spiro atoms. The summed E-state index contributed by atoms with van der Waals surface area (Å²) in [7, 11) is 2.20. The first-order chi connectivity index (χ1) is 16.3. The van der Waals surface area contributed by atoms with Crippen LogP contribution in [0.3, 0.4) is 0 Å². The zero-order chi connectivity index (χ0) is 21.9. The third-order valence-corrected chi connectivity index (χ3v) is 6.90. The minimum Gasteiger partial charge on any atom is -0.343 e. The molecule has 0 saturated heterocycles. The first-order valence-corrected chi connectivity index (χ1v) is 11.4. The molecule has 2 nitrogen and oxygen atoms in total. The van der Waals surface area contributed by atoms with Gasteiger partial charge in [0.1, 0.15) is 0 Å². The molecule has 156 valence electrons. The van der Waals surface area contributed by atoms with Crippen LogP contribution < -0.4 is 0 Å². The average Bonchev–Trinajstić information content (AvgIpc) is 3.37. The number of hydrogen-bond acceptors (Lipinski definition) is 0. The average molecular weight is 423 g/mol. The predicted molar refractivity (Wildman–Crippen MR) is 140 cm³/mol. The molecule has 0 fully saturated rings. The third-order valence-electron chi connectivity index (χ3n) is 6.90. The van der Waals surface area contributed by atoms with Gasteiger partial charge in [0.05, 0.1) is 16.6 Å². The van der Waals surface area contributed by atoms with E-state index in [-0.39, 0.29) is 0 Å². The summed E-state index contributed by atoms with van der Waals surface area (Å²) in [5.74, 6) is 0. The van der Waals surface area contributed by atoms with E-state index in [2.05, 4.69) is 131 Å². The lowest BCUT2D eigenvalue weighted by molar-refractivity contribution is 1.02. The van der Waals surface area contributed by atoms with E-state index in [1.54, 1.807) is 0 Å². The summed E-state index contributed by atoms with van der Waals surface area (Å²) < 4.78 is 4.80. The molecule has 2 heteroatoms. The van der Waals surface area contributed by atoms with E-state index in [0.717, 1.165) is 0 Å². The predicted octanol–water partition coefficient (Wildman–Crippen LogP) is 8.10. The number of rotatable bonds is 2. The van der Waals surface area contributed by atoms with E-state index in [4.69, 9.17) is 0 Å². The molecule has 0 unspecified atom stereocenters. The van der Waals surface area contributed by atoms with Crippen molar-refractivity contribution in [2.45, 2.75) is 0 Å². The van der Waals surface area contributed by atoms with Crippen LogP contribution in [0.1, 0.15) is 0 Å². The Hall–Kier alpha value is -4.30. The Morgan fingerprint density at radius 3 is 1.88 bits per heavy atom. The van der Waals surface area contributed by atoms with Crippen LogP contribution in [0.4, 0.5) is 0 Å². The Morgan fingerprint density at radius 2 is 1.12 bits per heavy atom. The van der Waals surface area contributed by atoms with E-state index >= 15 is 0 Å². The van der Waals surface area contributed by atoms with Crippen LogP contribution in [-0.2, 0) is 7.05 Å². The van der Waals surface area contributed by atoms with Crippen LogP contribution in [0.25, 0.3) is 60.4 Å². The number of aryl methyl sites for hydroxylation is 1. The second-order valence-electron chi connectivity index (χ2n) is 8.67. The summed E-state index contributed by atoms with van der Waals surface area (Å²) in [6.45, 7) is 0. The highest BCUT2D eigenvalue weighted by atomic mass is 15.0. The molecule has 7 aromatic rings. The minimum atomic E-state index is 1.18. The fourth-order valence-electron chi connectivity index (χ4n) is 5.50. The Labute approximate surface area is 191 Å². The van der Waals surface area contributed by atoms with Crippen molar-refractivity contribution < 1.29 is 0 Å². The van der Waals surface area contributed by atoms with Crippen molar-refractivity contribution in [2.24, 2.45) is 7.05 Å². The molecular weight excluding hydrogens is 400 g/mol. The Kier molecular flexibility index (Phi) is 3.80. The number of para-hydroxylation sites is 3. The van der Waals surface area contributed by atoms with Crippen LogP contribution in [0.15, 0.2) is 115 Å². The molecule has 2 heterocycles. The largest absolute Gasteiger partial charge is 0.343 e. The molecule has 0 radical (unpaired) electrons. The highest BCUT2D eigenvalue weighted by Crippen LogP contribution is 2.44. The molecule has 0 aliphatic rings. The van der Waals surface area contributed by atoms with Gasteiger partial charge in [-0.05, 0) is 35.9 Å². The van der Waals surface area contributed by atoms with Gasteiger partial charge in [0.25, 0.3) is 0 Å². The summed E-state index contributed by atoms with van der Waals surface area (Å²) >= 11 is 0. The van der Waals surface area contributed by atoms with Gasteiger partial charge >= 0.3 is 0 Å². The lowest BCUT2D eigenvalue weighted by Crippen LogP contribution is -1.96. The fourth-order valence-corrected chi connectivity index (χ4v) is 5.50. The summed E-state index contributed by atoms with van der Waals surface area (Å²) in [6, 6.07) is 41.4. The van der Waals surface area contributed by atoms with Crippen LogP contribution >= 0.6 is 0 Å². The summed E-state index contributed by atoms with van der Waals surface area (Å²) in [6.07, 6.45) is 0. The van der Waals surface area contributed by atoms with Crippen LogP contribution in [-0.4, -0.2) is 9.13 Å². The van der Waals surface area contributed by atoms with Crippen LogP contribution in [0.5, 0.6) is 0 Å². The number of aromatic nitrogens is 2. The molecule has 33 heavy (non-hydrogen) atoms.